The van der Waals surface area contributed by atoms with Crippen LogP contribution in [0.3, 0.4) is 0 Å². The molecule has 0 spiro atoms. The van der Waals surface area contributed by atoms with Crippen LogP contribution in [0, 0.1) is 12.8 Å². The van der Waals surface area contributed by atoms with E-state index in [1.54, 1.807) is 0 Å². The van der Waals surface area contributed by atoms with Gasteiger partial charge in [-0.15, -0.1) is 0 Å². The van der Waals surface area contributed by atoms with Gasteiger partial charge >= 0.3 is 0 Å². The average molecular weight is 326 g/mol. The summed E-state index contributed by atoms with van der Waals surface area (Å²) in [7, 11) is 0. The summed E-state index contributed by atoms with van der Waals surface area (Å²) < 4.78 is 5.34. The van der Waals surface area contributed by atoms with Crippen molar-refractivity contribution in [2.75, 3.05) is 44.3 Å². The predicted molar refractivity (Wildman–Crippen MR) is 92.0 cm³/mol. The van der Waals surface area contributed by atoms with Crippen LogP contribution in [0.25, 0.3) is 11.0 Å². The Labute approximate surface area is 141 Å². The summed E-state index contributed by atoms with van der Waals surface area (Å²) in [6.07, 6.45) is 0.879. The molecule has 2 fully saturated rings. The van der Waals surface area contributed by atoms with Gasteiger partial charge in [-0.2, -0.15) is 0 Å². The minimum Gasteiger partial charge on any atom is -0.378 e. The zero-order valence-corrected chi connectivity index (χ0v) is 13.9. The number of anilines is 1. The zero-order valence-electron chi connectivity index (χ0n) is 13.9. The summed E-state index contributed by atoms with van der Waals surface area (Å²) in [4.78, 5) is 26.3. The normalized spacial score (nSPS) is 21.5. The lowest BCUT2D eigenvalue weighted by molar-refractivity contribution is -0.138. The second-order valence-electron chi connectivity index (χ2n) is 6.49. The van der Waals surface area contributed by atoms with Gasteiger partial charge in [-0.05, 0) is 25.5 Å². The molecule has 0 bridgehead atoms. The number of fused-ring (bicyclic) bond motifs is 1. The zero-order chi connectivity index (χ0) is 16.5. The Hall–Kier alpha value is -2.21. The first kappa shape index (κ1) is 15.3. The highest BCUT2D eigenvalue weighted by Gasteiger charge is 2.33. The highest BCUT2D eigenvalue weighted by Crippen LogP contribution is 2.27. The lowest BCUT2D eigenvalue weighted by Gasteiger charge is -2.29. The van der Waals surface area contributed by atoms with Crippen molar-refractivity contribution in [3.8, 4) is 0 Å². The van der Waals surface area contributed by atoms with E-state index in [2.05, 4.69) is 9.88 Å². The molecule has 0 saturated carbocycles. The van der Waals surface area contributed by atoms with Gasteiger partial charge < -0.3 is 14.5 Å². The van der Waals surface area contributed by atoms with Crippen molar-refractivity contribution in [2.45, 2.75) is 13.3 Å². The Balaban J connectivity index is 1.52. The molecular weight excluding hydrogens is 304 g/mol. The number of amides is 1. The maximum atomic E-state index is 12.7. The van der Waals surface area contributed by atoms with Gasteiger partial charge in [0.25, 0.3) is 0 Å². The summed E-state index contributed by atoms with van der Waals surface area (Å²) in [6.45, 7) is 6.30. The van der Waals surface area contributed by atoms with Crippen LogP contribution in [0.5, 0.6) is 0 Å². The van der Waals surface area contributed by atoms with Crippen LogP contribution in [0.2, 0.25) is 0 Å². The quantitative estimate of drug-likeness (QED) is 0.839. The van der Waals surface area contributed by atoms with E-state index in [4.69, 9.17) is 9.72 Å². The number of para-hydroxylation sites is 2. The van der Waals surface area contributed by atoms with Crippen molar-refractivity contribution in [1.29, 1.82) is 0 Å². The van der Waals surface area contributed by atoms with Crippen molar-refractivity contribution in [3.05, 3.63) is 30.0 Å². The maximum Gasteiger partial charge on any atom is 0.227 e. The summed E-state index contributed by atoms with van der Waals surface area (Å²) in [5.41, 5.74) is 2.74. The van der Waals surface area contributed by atoms with Gasteiger partial charge in [-0.1, -0.05) is 12.1 Å². The number of aromatic nitrogens is 2. The number of carbonyl (C=O) groups is 1. The summed E-state index contributed by atoms with van der Waals surface area (Å²) in [5.74, 6) is 1.22. The minimum absolute atomic E-state index is 0.0516. The van der Waals surface area contributed by atoms with E-state index in [0.717, 1.165) is 42.1 Å². The Kier molecular flexibility index (Phi) is 4.06. The predicted octanol–water partition coefficient (Wildman–Crippen LogP) is 1.62. The molecule has 1 atom stereocenters. The van der Waals surface area contributed by atoms with Crippen molar-refractivity contribution in [2.24, 2.45) is 5.92 Å². The average Bonchev–Trinajstić information content (AvgIpc) is 3.11. The summed E-state index contributed by atoms with van der Waals surface area (Å²) in [5, 5.41) is 0. The van der Waals surface area contributed by atoms with E-state index < -0.39 is 0 Å². The van der Waals surface area contributed by atoms with Gasteiger partial charge in [0.2, 0.25) is 5.91 Å². The second kappa shape index (κ2) is 6.36. The first-order valence-corrected chi connectivity index (χ1v) is 8.57. The van der Waals surface area contributed by atoms with Crippen LogP contribution in [-0.4, -0.2) is 60.2 Å². The fraction of sp³-hybridized carbons (Fsp3) is 0.500. The Bertz CT molecular complexity index is 758. The van der Waals surface area contributed by atoms with E-state index in [-0.39, 0.29) is 11.8 Å². The number of hydrogen-bond donors (Lipinski definition) is 0. The lowest BCUT2D eigenvalue weighted by atomic mass is 10.1. The third-order valence-corrected chi connectivity index (χ3v) is 4.88. The highest BCUT2D eigenvalue weighted by molar-refractivity contribution is 5.81. The van der Waals surface area contributed by atoms with Crippen LogP contribution < -0.4 is 4.90 Å². The molecule has 0 radical (unpaired) electrons. The number of nitrogens with zero attached hydrogens (tertiary/aromatic N) is 4. The second-order valence-corrected chi connectivity index (χ2v) is 6.49. The first-order valence-electron chi connectivity index (χ1n) is 8.57. The molecule has 6 heteroatoms. The number of morpholine rings is 1. The van der Waals surface area contributed by atoms with Gasteiger partial charge in [0.1, 0.15) is 0 Å². The number of carbonyl (C=O) groups excluding carboxylic acids is 1. The van der Waals surface area contributed by atoms with Crippen molar-refractivity contribution in [3.63, 3.8) is 0 Å². The molecule has 1 aromatic heterocycles. The maximum absolute atomic E-state index is 12.7. The van der Waals surface area contributed by atoms with E-state index in [0.29, 0.717) is 26.3 Å². The Morgan fingerprint density at radius 1 is 1.12 bits per heavy atom. The third-order valence-electron chi connectivity index (χ3n) is 4.88. The van der Waals surface area contributed by atoms with Crippen LogP contribution >= 0.6 is 0 Å². The van der Waals surface area contributed by atoms with Gasteiger partial charge in [0.15, 0.2) is 5.82 Å². The molecule has 0 N–H and O–H groups in total. The summed E-state index contributed by atoms with van der Waals surface area (Å²) in [6, 6.07) is 7.92. The molecule has 2 aromatic rings. The number of ether oxygens (including phenoxy) is 1. The lowest BCUT2D eigenvalue weighted by Crippen LogP contribution is -2.44. The molecule has 4 rings (SSSR count). The fourth-order valence-electron chi connectivity index (χ4n) is 3.57. The van der Waals surface area contributed by atoms with E-state index in [1.807, 2.05) is 36.1 Å². The van der Waals surface area contributed by atoms with Gasteiger partial charge in [0.05, 0.1) is 35.9 Å². The molecule has 3 heterocycles. The smallest absolute Gasteiger partial charge is 0.227 e. The molecule has 1 aromatic carbocycles. The highest BCUT2D eigenvalue weighted by atomic mass is 16.5. The molecular formula is C18H22N4O2. The van der Waals surface area contributed by atoms with Crippen molar-refractivity contribution >= 4 is 22.8 Å². The standard InChI is InChI=1S/C18H22N4O2/c1-13-17(20-16-5-3-2-4-15(16)19-13)22-7-6-14(12-22)18(23)21-8-10-24-11-9-21/h2-5,14H,6-12H2,1H3. The van der Waals surface area contributed by atoms with Gasteiger partial charge in [-0.3, -0.25) is 4.79 Å². The fourth-order valence-corrected chi connectivity index (χ4v) is 3.57. The molecule has 2 aliphatic rings. The number of hydrogen-bond acceptors (Lipinski definition) is 5. The largest absolute Gasteiger partial charge is 0.378 e. The van der Waals surface area contributed by atoms with Crippen LogP contribution in [0.15, 0.2) is 24.3 Å². The van der Waals surface area contributed by atoms with Gasteiger partial charge in [-0.25, -0.2) is 9.97 Å². The Morgan fingerprint density at radius 3 is 2.58 bits per heavy atom. The summed E-state index contributed by atoms with van der Waals surface area (Å²) >= 11 is 0. The van der Waals surface area contributed by atoms with E-state index >= 15 is 0 Å². The van der Waals surface area contributed by atoms with Crippen LogP contribution in [0.4, 0.5) is 5.82 Å². The van der Waals surface area contributed by atoms with Crippen LogP contribution in [-0.2, 0) is 9.53 Å². The molecule has 1 unspecified atom stereocenters. The molecule has 24 heavy (non-hydrogen) atoms. The topological polar surface area (TPSA) is 58.6 Å². The van der Waals surface area contributed by atoms with E-state index in [1.165, 1.54) is 0 Å². The Morgan fingerprint density at radius 2 is 1.83 bits per heavy atom. The van der Waals surface area contributed by atoms with Gasteiger partial charge in [0, 0.05) is 26.2 Å². The third kappa shape index (κ3) is 2.82. The minimum atomic E-state index is 0.0516. The number of aryl methyl sites for hydroxylation is 1. The number of rotatable bonds is 2. The van der Waals surface area contributed by atoms with E-state index in [9.17, 15) is 4.79 Å². The molecule has 126 valence electrons. The molecule has 2 aliphatic heterocycles. The molecule has 2 saturated heterocycles. The van der Waals surface area contributed by atoms with Crippen LogP contribution in [0.1, 0.15) is 12.1 Å². The SMILES string of the molecule is Cc1nc2ccccc2nc1N1CCC(C(=O)N2CCOCC2)C1. The molecule has 6 nitrogen and oxygen atoms in total. The molecule has 0 aliphatic carbocycles. The number of benzene rings is 1. The first-order chi connectivity index (χ1) is 11.7. The monoisotopic (exact) mass is 326 g/mol. The molecule has 1 amide bonds. The van der Waals surface area contributed by atoms with Crippen molar-refractivity contribution in [1.82, 2.24) is 14.9 Å². The van der Waals surface area contributed by atoms with Crippen molar-refractivity contribution < 1.29 is 9.53 Å².